The summed E-state index contributed by atoms with van der Waals surface area (Å²) in [6, 6.07) is 9.23. The molecular formula is C16H19N5O2. The molecule has 0 saturated carbocycles. The van der Waals surface area contributed by atoms with Gasteiger partial charge >= 0.3 is 5.97 Å². The first kappa shape index (κ1) is 15.2. The summed E-state index contributed by atoms with van der Waals surface area (Å²) in [6.45, 7) is 7.36. The summed E-state index contributed by atoms with van der Waals surface area (Å²) >= 11 is 0. The lowest BCUT2D eigenvalue weighted by atomic mass is 9.95. The number of carbonyl (C=O) groups is 1. The van der Waals surface area contributed by atoms with Gasteiger partial charge in [-0.1, -0.05) is 35.4 Å². The quantitative estimate of drug-likeness (QED) is 0.857. The second kappa shape index (κ2) is 5.49. The van der Waals surface area contributed by atoms with E-state index in [1.807, 2.05) is 58.0 Å². The van der Waals surface area contributed by atoms with Gasteiger partial charge in [0.05, 0.1) is 5.57 Å². The second-order valence-corrected chi connectivity index (χ2v) is 6.43. The Morgan fingerprint density at radius 2 is 1.96 bits per heavy atom. The Bertz CT molecular complexity index is 758. The van der Waals surface area contributed by atoms with E-state index in [1.165, 1.54) is 0 Å². The molecule has 0 aliphatic carbocycles. The molecule has 7 nitrogen and oxygen atoms in total. The zero-order valence-electron chi connectivity index (χ0n) is 13.6. The summed E-state index contributed by atoms with van der Waals surface area (Å²) in [4.78, 5) is 12.7. The number of hydrogen-bond donors (Lipinski definition) is 1. The average molecular weight is 313 g/mol. The average Bonchev–Trinajstić information content (AvgIpc) is 2.92. The molecule has 0 amide bonds. The number of nitrogens with zero attached hydrogens (tertiary/aromatic N) is 4. The van der Waals surface area contributed by atoms with Crippen molar-refractivity contribution >= 4 is 11.9 Å². The fourth-order valence-corrected chi connectivity index (χ4v) is 2.55. The predicted molar refractivity (Wildman–Crippen MR) is 84.6 cm³/mol. The van der Waals surface area contributed by atoms with Crippen LogP contribution in [0.2, 0.25) is 0 Å². The lowest BCUT2D eigenvalue weighted by Crippen LogP contribution is -2.33. The number of benzene rings is 1. The lowest BCUT2D eigenvalue weighted by molar-refractivity contribution is -0.150. The minimum Gasteiger partial charge on any atom is -0.456 e. The summed E-state index contributed by atoms with van der Waals surface area (Å²) in [5.74, 6) is 0.126. The highest BCUT2D eigenvalue weighted by molar-refractivity contribution is 5.92. The molecule has 23 heavy (non-hydrogen) atoms. The first-order valence-corrected chi connectivity index (χ1v) is 7.41. The number of ether oxygens (including phenoxy) is 1. The van der Waals surface area contributed by atoms with Gasteiger partial charge in [-0.3, -0.25) is 0 Å². The largest absolute Gasteiger partial charge is 0.456 e. The Kier molecular flexibility index (Phi) is 3.63. The molecule has 2 aromatic rings. The van der Waals surface area contributed by atoms with Gasteiger partial charge in [0.15, 0.2) is 0 Å². The van der Waals surface area contributed by atoms with Gasteiger partial charge < -0.3 is 10.1 Å². The van der Waals surface area contributed by atoms with Crippen LogP contribution < -0.4 is 5.32 Å². The van der Waals surface area contributed by atoms with Crippen LogP contribution in [0, 0.1) is 0 Å². The smallest absolute Gasteiger partial charge is 0.338 e. The number of hydrogen-bond acceptors (Lipinski definition) is 6. The highest BCUT2D eigenvalue weighted by Gasteiger charge is 2.36. The highest BCUT2D eigenvalue weighted by atomic mass is 16.6. The van der Waals surface area contributed by atoms with Crippen molar-refractivity contribution in [2.24, 2.45) is 0 Å². The standard InChI is InChI=1S/C16H19N5O2/c1-10-12(14(22)23-16(2,3)4)13(11-8-6-5-7-9-11)21-15(17-10)18-19-20-21/h5-9,13H,1-4H3,(H,17,18,20)/t13-/m1/s1. The number of esters is 1. The number of tetrazole rings is 1. The molecule has 0 spiro atoms. The van der Waals surface area contributed by atoms with Crippen LogP contribution in [0.3, 0.4) is 0 Å². The van der Waals surface area contributed by atoms with Gasteiger partial charge in [-0.2, -0.15) is 4.68 Å². The van der Waals surface area contributed by atoms with Crippen molar-refractivity contribution in [2.75, 3.05) is 5.32 Å². The van der Waals surface area contributed by atoms with E-state index >= 15 is 0 Å². The van der Waals surface area contributed by atoms with E-state index in [-0.39, 0.29) is 5.97 Å². The number of carbonyl (C=O) groups excluding carboxylic acids is 1. The molecule has 1 aromatic carbocycles. The first-order valence-electron chi connectivity index (χ1n) is 7.41. The van der Waals surface area contributed by atoms with E-state index in [0.717, 1.165) is 5.56 Å². The van der Waals surface area contributed by atoms with E-state index in [0.29, 0.717) is 17.2 Å². The van der Waals surface area contributed by atoms with E-state index < -0.39 is 11.6 Å². The minimum atomic E-state index is -0.577. The maximum Gasteiger partial charge on any atom is 0.338 e. The van der Waals surface area contributed by atoms with Crippen LogP contribution in [0.15, 0.2) is 41.6 Å². The molecule has 0 radical (unpaired) electrons. The highest BCUT2D eigenvalue weighted by Crippen LogP contribution is 2.35. The van der Waals surface area contributed by atoms with E-state index in [4.69, 9.17) is 4.74 Å². The lowest BCUT2D eigenvalue weighted by Gasteiger charge is -2.29. The maximum atomic E-state index is 12.7. The molecule has 0 fully saturated rings. The number of fused-ring (bicyclic) bond motifs is 1. The number of rotatable bonds is 2. The molecule has 1 aliphatic rings. The van der Waals surface area contributed by atoms with Gasteiger partial charge in [0, 0.05) is 5.70 Å². The third kappa shape index (κ3) is 2.94. The third-order valence-corrected chi connectivity index (χ3v) is 3.45. The maximum absolute atomic E-state index is 12.7. The third-order valence-electron chi connectivity index (χ3n) is 3.45. The molecule has 1 N–H and O–H groups in total. The zero-order chi connectivity index (χ0) is 16.6. The Balaban J connectivity index is 2.09. The molecule has 0 unspecified atom stereocenters. The normalized spacial score (nSPS) is 17.5. The fraction of sp³-hybridized carbons (Fsp3) is 0.375. The molecule has 2 heterocycles. The summed E-state index contributed by atoms with van der Waals surface area (Å²) < 4.78 is 7.17. The van der Waals surface area contributed by atoms with Gasteiger partial charge in [0.25, 0.3) is 0 Å². The summed E-state index contributed by atoms with van der Waals surface area (Å²) in [5, 5.41) is 14.8. The van der Waals surface area contributed by atoms with Crippen LogP contribution in [0.25, 0.3) is 0 Å². The number of aromatic nitrogens is 4. The first-order chi connectivity index (χ1) is 10.9. The summed E-state index contributed by atoms with van der Waals surface area (Å²) in [5.41, 5.74) is 1.54. The van der Waals surface area contributed by atoms with Crippen LogP contribution in [0.1, 0.15) is 39.3 Å². The van der Waals surface area contributed by atoms with Crippen molar-refractivity contribution < 1.29 is 9.53 Å². The van der Waals surface area contributed by atoms with E-state index in [9.17, 15) is 4.79 Å². The van der Waals surface area contributed by atoms with Gasteiger partial charge in [-0.15, -0.1) is 0 Å². The molecule has 1 aromatic heterocycles. The van der Waals surface area contributed by atoms with Crippen molar-refractivity contribution in [3.8, 4) is 0 Å². The molecule has 0 bridgehead atoms. The van der Waals surface area contributed by atoms with Gasteiger partial charge in [-0.05, 0) is 43.7 Å². The molecule has 1 atom stereocenters. The van der Waals surface area contributed by atoms with Gasteiger partial charge in [0.2, 0.25) is 5.95 Å². The Morgan fingerprint density at radius 1 is 1.26 bits per heavy atom. The van der Waals surface area contributed by atoms with Crippen molar-refractivity contribution in [3.63, 3.8) is 0 Å². The second-order valence-electron chi connectivity index (χ2n) is 6.43. The molecular weight excluding hydrogens is 294 g/mol. The summed E-state index contributed by atoms with van der Waals surface area (Å²) in [7, 11) is 0. The van der Waals surface area contributed by atoms with Crippen molar-refractivity contribution in [3.05, 3.63) is 47.2 Å². The predicted octanol–water partition coefficient (Wildman–Crippen LogP) is 2.30. The summed E-state index contributed by atoms with van der Waals surface area (Å²) in [6.07, 6.45) is 0. The van der Waals surface area contributed by atoms with Crippen LogP contribution in [-0.2, 0) is 9.53 Å². The fourth-order valence-electron chi connectivity index (χ4n) is 2.55. The molecule has 120 valence electrons. The number of anilines is 1. The van der Waals surface area contributed by atoms with Crippen LogP contribution in [0.4, 0.5) is 5.95 Å². The van der Waals surface area contributed by atoms with E-state index in [1.54, 1.807) is 4.68 Å². The molecule has 1 aliphatic heterocycles. The van der Waals surface area contributed by atoms with Crippen molar-refractivity contribution in [2.45, 2.75) is 39.3 Å². The van der Waals surface area contributed by atoms with E-state index in [2.05, 4.69) is 20.8 Å². The molecule has 0 saturated heterocycles. The van der Waals surface area contributed by atoms with Crippen LogP contribution in [-0.4, -0.2) is 31.8 Å². The van der Waals surface area contributed by atoms with Crippen LogP contribution >= 0.6 is 0 Å². The van der Waals surface area contributed by atoms with Crippen molar-refractivity contribution in [1.82, 2.24) is 20.2 Å². The van der Waals surface area contributed by atoms with Gasteiger partial charge in [-0.25, -0.2) is 4.79 Å². The Morgan fingerprint density at radius 3 is 2.61 bits per heavy atom. The number of allylic oxidation sites excluding steroid dienone is 1. The number of nitrogens with one attached hydrogen (secondary N) is 1. The SMILES string of the molecule is CC1=C(C(=O)OC(C)(C)C)[C@@H](c2ccccc2)n2nnnc2N1. The monoisotopic (exact) mass is 313 g/mol. The van der Waals surface area contributed by atoms with Crippen molar-refractivity contribution in [1.29, 1.82) is 0 Å². The molecule has 7 heteroatoms. The molecule has 3 rings (SSSR count). The van der Waals surface area contributed by atoms with Crippen LogP contribution in [0.5, 0.6) is 0 Å². The Hall–Kier alpha value is -2.70. The van der Waals surface area contributed by atoms with Gasteiger partial charge in [0.1, 0.15) is 11.6 Å². The zero-order valence-corrected chi connectivity index (χ0v) is 13.6. The Labute approximate surface area is 134 Å². The minimum absolute atomic E-state index is 0.377. The topological polar surface area (TPSA) is 81.9 Å².